The lowest BCUT2D eigenvalue weighted by molar-refractivity contribution is -0.361. The van der Waals surface area contributed by atoms with Crippen molar-refractivity contribution in [1.82, 2.24) is 0 Å². The number of benzene rings is 1. The molecule has 2 atom stereocenters. The second kappa shape index (κ2) is 6.72. The molecule has 0 aliphatic carbocycles. The Balaban J connectivity index is 2.40. The number of aromatic amines is 1. The molecular formula is C14H17N2O4P. The van der Waals surface area contributed by atoms with Crippen molar-refractivity contribution in [2.45, 2.75) is 12.7 Å². The van der Waals surface area contributed by atoms with Crippen LogP contribution in [0.2, 0.25) is 0 Å². The van der Waals surface area contributed by atoms with Gasteiger partial charge in [-0.25, -0.2) is 4.98 Å². The molecule has 0 fully saturated rings. The standard InChI is InChI=1S/C14H17N2O4P/c1-2-20-21(18,19)14(11-7-3-4-8-12(11)17)16-13-9-5-6-10-15-13/h3-10,14,17H,2H2,1H3,(H,15,16)(H,18,19). The minimum Gasteiger partial charge on any atom is -0.775 e. The van der Waals surface area contributed by atoms with E-state index in [1.165, 1.54) is 6.07 Å². The van der Waals surface area contributed by atoms with Gasteiger partial charge in [0.05, 0.1) is 12.8 Å². The van der Waals surface area contributed by atoms with Crippen LogP contribution in [0.25, 0.3) is 0 Å². The minimum atomic E-state index is -4.26. The fourth-order valence-corrected chi connectivity index (χ4v) is 3.30. The Morgan fingerprint density at radius 2 is 2.05 bits per heavy atom. The third-order valence-electron chi connectivity index (χ3n) is 2.86. The van der Waals surface area contributed by atoms with E-state index in [4.69, 9.17) is 4.52 Å². The molecule has 112 valence electrons. The molecule has 6 nitrogen and oxygen atoms in total. The molecule has 2 unspecified atom stereocenters. The molecule has 0 amide bonds. The molecule has 0 radical (unpaired) electrons. The van der Waals surface area contributed by atoms with Gasteiger partial charge in [0.2, 0.25) is 0 Å². The van der Waals surface area contributed by atoms with Crippen molar-refractivity contribution in [3.05, 3.63) is 54.2 Å². The monoisotopic (exact) mass is 308 g/mol. The molecule has 1 aromatic carbocycles. The summed E-state index contributed by atoms with van der Waals surface area (Å²) in [6.45, 7) is 1.63. The summed E-state index contributed by atoms with van der Waals surface area (Å²) in [5.41, 5.74) is 0.238. The van der Waals surface area contributed by atoms with Crippen molar-refractivity contribution in [2.75, 3.05) is 11.9 Å². The Labute approximate surface area is 123 Å². The average molecular weight is 308 g/mol. The summed E-state index contributed by atoms with van der Waals surface area (Å²) >= 11 is 0. The Hall–Kier alpha value is -1.88. The predicted octanol–water partition coefficient (Wildman–Crippen LogP) is 1.91. The molecule has 21 heavy (non-hydrogen) atoms. The van der Waals surface area contributed by atoms with Crippen LogP contribution in [0, 0.1) is 0 Å². The van der Waals surface area contributed by atoms with E-state index in [1.807, 2.05) is 0 Å². The lowest BCUT2D eigenvalue weighted by atomic mass is 10.2. The fraction of sp³-hybridized carbons (Fsp3) is 0.214. The van der Waals surface area contributed by atoms with Crippen molar-refractivity contribution >= 4 is 13.4 Å². The molecule has 2 aromatic rings. The number of aromatic hydroxyl groups is 1. The quantitative estimate of drug-likeness (QED) is 0.795. The molecule has 7 heteroatoms. The van der Waals surface area contributed by atoms with Crippen LogP contribution in [0.3, 0.4) is 0 Å². The number of phenols is 1. The molecule has 1 heterocycles. The molecule has 0 bridgehead atoms. The number of hydrogen-bond acceptors (Lipinski definition) is 5. The summed E-state index contributed by atoms with van der Waals surface area (Å²) in [6.07, 6.45) is 1.67. The highest BCUT2D eigenvalue weighted by Gasteiger charge is 2.31. The number of pyridine rings is 1. The molecule has 0 spiro atoms. The number of rotatable bonds is 6. The topological polar surface area (TPSA) is 95.8 Å². The van der Waals surface area contributed by atoms with Crippen molar-refractivity contribution < 1.29 is 24.1 Å². The number of anilines is 1. The largest absolute Gasteiger partial charge is 0.775 e. The Morgan fingerprint density at radius 3 is 2.67 bits per heavy atom. The molecule has 0 saturated heterocycles. The van der Waals surface area contributed by atoms with Crippen LogP contribution in [0.15, 0.2) is 48.7 Å². The minimum absolute atomic E-state index is 0.0328. The summed E-state index contributed by atoms with van der Waals surface area (Å²) in [4.78, 5) is 15.2. The Bertz CT molecular complexity index is 636. The van der Waals surface area contributed by atoms with Crippen molar-refractivity contribution in [2.24, 2.45) is 0 Å². The van der Waals surface area contributed by atoms with E-state index in [-0.39, 0.29) is 17.9 Å². The Morgan fingerprint density at radius 1 is 1.33 bits per heavy atom. The van der Waals surface area contributed by atoms with Gasteiger partial charge in [-0.3, -0.25) is 5.32 Å². The van der Waals surface area contributed by atoms with E-state index in [2.05, 4.69) is 10.3 Å². The Kier molecular flexibility index (Phi) is 4.96. The van der Waals surface area contributed by atoms with Gasteiger partial charge in [-0.1, -0.05) is 24.3 Å². The fourth-order valence-electron chi connectivity index (χ4n) is 1.93. The first-order chi connectivity index (χ1) is 10.0. The normalized spacial score (nSPS) is 15.1. The van der Waals surface area contributed by atoms with E-state index in [0.29, 0.717) is 5.82 Å². The summed E-state index contributed by atoms with van der Waals surface area (Å²) in [5.74, 6) is -0.791. The summed E-state index contributed by atoms with van der Waals surface area (Å²) in [7, 11) is -4.26. The number of hydrogen-bond donors (Lipinski definition) is 2. The van der Waals surface area contributed by atoms with E-state index in [1.54, 1.807) is 49.5 Å². The highest BCUT2D eigenvalue weighted by atomic mass is 31.2. The number of nitrogens with one attached hydrogen (secondary N) is 2. The molecule has 0 aliphatic rings. The SMILES string of the molecule is CCOP(=O)([O-])C(Nc1cccc[nH+]1)c1ccccc1O. The summed E-state index contributed by atoms with van der Waals surface area (Å²) < 4.78 is 17.2. The van der Waals surface area contributed by atoms with Crippen LogP contribution in [-0.4, -0.2) is 11.7 Å². The summed E-state index contributed by atoms with van der Waals surface area (Å²) in [6, 6.07) is 11.5. The van der Waals surface area contributed by atoms with Crippen LogP contribution in [0.1, 0.15) is 18.3 Å². The first-order valence-corrected chi connectivity index (χ1v) is 8.12. The lowest BCUT2D eigenvalue weighted by Gasteiger charge is -2.29. The highest BCUT2D eigenvalue weighted by molar-refractivity contribution is 7.51. The maximum absolute atomic E-state index is 12.3. The second-order valence-corrected chi connectivity index (χ2v) is 6.19. The van der Waals surface area contributed by atoms with Crippen LogP contribution < -0.4 is 15.2 Å². The van der Waals surface area contributed by atoms with Crippen LogP contribution in [0.4, 0.5) is 5.82 Å². The molecule has 3 N–H and O–H groups in total. The predicted molar refractivity (Wildman–Crippen MR) is 76.7 cm³/mol. The molecule has 1 aromatic heterocycles. The maximum atomic E-state index is 12.3. The van der Waals surface area contributed by atoms with E-state index in [0.717, 1.165) is 0 Å². The first-order valence-electron chi connectivity index (χ1n) is 6.51. The highest BCUT2D eigenvalue weighted by Crippen LogP contribution is 2.54. The lowest BCUT2D eigenvalue weighted by Crippen LogP contribution is -2.23. The number of H-pyrrole nitrogens is 1. The third-order valence-corrected chi connectivity index (χ3v) is 4.52. The van der Waals surface area contributed by atoms with Crippen LogP contribution in [-0.2, 0) is 9.09 Å². The zero-order chi connectivity index (χ0) is 15.3. The molecular weight excluding hydrogens is 291 g/mol. The van der Waals surface area contributed by atoms with Gasteiger partial charge in [-0.15, -0.1) is 0 Å². The van der Waals surface area contributed by atoms with Crippen molar-refractivity contribution in [3.63, 3.8) is 0 Å². The van der Waals surface area contributed by atoms with Gasteiger partial charge in [0.25, 0.3) is 5.82 Å². The maximum Gasteiger partial charge on any atom is 0.273 e. The van der Waals surface area contributed by atoms with Gasteiger partial charge in [0.15, 0.2) is 13.4 Å². The zero-order valence-electron chi connectivity index (χ0n) is 11.5. The molecule has 0 saturated carbocycles. The van der Waals surface area contributed by atoms with Gasteiger partial charge in [-0.05, 0) is 19.1 Å². The number of aromatic nitrogens is 1. The first kappa shape index (κ1) is 15.5. The number of para-hydroxylation sites is 1. The smallest absolute Gasteiger partial charge is 0.273 e. The van der Waals surface area contributed by atoms with Gasteiger partial charge in [-0.2, -0.15) is 0 Å². The van der Waals surface area contributed by atoms with Gasteiger partial charge >= 0.3 is 0 Å². The van der Waals surface area contributed by atoms with E-state index < -0.39 is 13.4 Å². The zero-order valence-corrected chi connectivity index (χ0v) is 12.4. The van der Waals surface area contributed by atoms with Crippen molar-refractivity contribution in [3.8, 4) is 5.75 Å². The third kappa shape index (κ3) is 3.82. The van der Waals surface area contributed by atoms with Gasteiger partial charge in [0.1, 0.15) is 5.75 Å². The molecule has 0 aliphatic heterocycles. The summed E-state index contributed by atoms with van der Waals surface area (Å²) in [5, 5.41) is 12.8. The van der Waals surface area contributed by atoms with E-state index >= 15 is 0 Å². The molecule has 2 rings (SSSR count). The van der Waals surface area contributed by atoms with Gasteiger partial charge < -0.3 is 19.1 Å². The average Bonchev–Trinajstić information content (AvgIpc) is 2.47. The van der Waals surface area contributed by atoms with Crippen molar-refractivity contribution in [1.29, 1.82) is 0 Å². The van der Waals surface area contributed by atoms with Crippen LogP contribution >= 0.6 is 7.60 Å². The number of phenolic OH excluding ortho intramolecular Hbond substituents is 1. The second-order valence-electron chi connectivity index (χ2n) is 4.34. The van der Waals surface area contributed by atoms with E-state index in [9.17, 15) is 14.6 Å². The van der Waals surface area contributed by atoms with Gasteiger partial charge in [0, 0.05) is 11.6 Å². The van der Waals surface area contributed by atoms with Crippen LogP contribution in [0.5, 0.6) is 5.75 Å².